The van der Waals surface area contributed by atoms with E-state index in [-0.39, 0.29) is 13.2 Å². The number of carbonyl (C=O) groups is 2. The topological polar surface area (TPSA) is 83.1 Å². The molecule has 0 spiro atoms. The Balaban J connectivity index is 1.03. The highest BCUT2D eigenvalue weighted by atomic mass is 16.6. The Kier molecular flexibility index (Phi) is 14.9. The second kappa shape index (κ2) is 19.5. The summed E-state index contributed by atoms with van der Waals surface area (Å²) in [4.78, 5) is 29.2. The lowest BCUT2D eigenvalue weighted by Gasteiger charge is -2.18. The van der Waals surface area contributed by atoms with Crippen LogP contribution < -0.4 is 10.6 Å². The van der Waals surface area contributed by atoms with Gasteiger partial charge in [-0.15, -0.1) is 0 Å². The van der Waals surface area contributed by atoms with Gasteiger partial charge in [0.1, 0.15) is 13.2 Å². The van der Waals surface area contributed by atoms with Crippen molar-refractivity contribution in [3.05, 3.63) is 129 Å². The number of rotatable bonds is 17. The molecule has 2 amide bonds. The van der Waals surface area contributed by atoms with E-state index in [2.05, 4.69) is 70.9 Å². The summed E-state index contributed by atoms with van der Waals surface area (Å²) in [5.74, 6) is 0. The van der Waals surface area contributed by atoms with E-state index in [1.807, 2.05) is 76.2 Å². The van der Waals surface area contributed by atoms with Crippen LogP contribution in [0.2, 0.25) is 0 Å². The summed E-state index contributed by atoms with van der Waals surface area (Å²) >= 11 is 0. The van der Waals surface area contributed by atoms with Crippen molar-refractivity contribution in [2.45, 2.75) is 79.7 Å². The number of anilines is 2. The van der Waals surface area contributed by atoms with Gasteiger partial charge in [0.2, 0.25) is 0 Å². The summed E-state index contributed by atoms with van der Waals surface area (Å²) in [6, 6.07) is 28.4. The Morgan fingerprint density at radius 3 is 1.16 bits per heavy atom. The van der Waals surface area contributed by atoms with Crippen molar-refractivity contribution in [2.75, 3.05) is 37.8 Å². The van der Waals surface area contributed by atoms with Gasteiger partial charge >= 0.3 is 12.2 Å². The number of amides is 2. The highest BCUT2D eigenvalue weighted by molar-refractivity contribution is 5.85. The van der Waals surface area contributed by atoms with Gasteiger partial charge in [-0.2, -0.15) is 0 Å². The SMILES string of the molecule is Cc1cc(C)cc(NC(=O)OCc2ccc(CN(C)CCCCCCN(C)Cc3ccc(COC(=O)Nc4cc(C)cc(C)c4)cc3)cc2)c1. The molecule has 0 aliphatic heterocycles. The third-order valence-corrected chi connectivity index (χ3v) is 8.46. The van der Waals surface area contributed by atoms with Crippen molar-refractivity contribution in [2.24, 2.45) is 0 Å². The van der Waals surface area contributed by atoms with Crippen LogP contribution in [0.5, 0.6) is 0 Å². The molecule has 0 aromatic heterocycles. The summed E-state index contributed by atoms with van der Waals surface area (Å²) in [5.41, 5.74) is 10.3. The summed E-state index contributed by atoms with van der Waals surface area (Å²) in [6.45, 7) is 12.4. The summed E-state index contributed by atoms with van der Waals surface area (Å²) in [6.07, 6.45) is 3.88. The predicted molar refractivity (Wildman–Crippen MR) is 203 cm³/mol. The average Bonchev–Trinajstić information content (AvgIpc) is 3.05. The van der Waals surface area contributed by atoms with E-state index in [0.29, 0.717) is 0 Å². The van der Waals surface area contributed by atoms with Crippen LogP contribution in [0.15, 0.2) is 84.9 Å². The lowest BCUT2D eigenvalue weighted by Crippen LogP contribution is -2.20. The molecule has 266 valence electrons. The minimum Gasteiger partial charge on any atom is -0.444 e. The molecule has 0 saturated heterocycles. The Morgan fingerprint density at radius 2 is 0.820 bits per heavy atom. The van der Waals surface area contributed by atoms with E-state index < -0.39 is 12.2 Å². The van der Waals surface area contributed by atoms with Crippen molar-refractivity contribution in [1.82, 2.24) is 9.80 Å². The summed E-state index contributed by atoms with van der Waals surface area (Å²) in [7, 11) is 4.33. The van der Waals surface area contributed by atoms with Gasteiger partial charge in [-0.1, -0.05) is 73.5 Å². The first kappa shape index (κ1) is 38.1. The molecule has 2 N–H and O–H groups in total. The molecular formula is C42H54N4O4. The van der Waals surface area contributed by atoms with Crippen LogP contribution >= 0.6 is 0 Å². The first-order valence-electron chi connectivity index (χ1n) is 17.6. The van der Waals surface area contributed by atoms with Gasteiger partial charge < -0.3 is 19.3 Å². The maximum atomic E-state index is 12.2. The first-order chi connectivity index (χ1) is 24.0. The second-order valence-electron chi connectivity index (χ2n) is 13.7. The fourth-order valence-electron chi connectivity index (χ4n) is 6.08. The van der Waals surface area contributed by atoms with Crippen molar-refractivity contribution in [1.29, 1.82) is 0 Å². The number of hydrogen-bond donors (Lipinski definition) is 2. The van der Waals surface area contributed by atoms with E-state index in [1.165, 1.54) is 36.8 Å². The number of carbonyl (C=O) groups excluding carboxylic acids is 2. The van der Waals surface area contributed by atoms with Crippen LogP contribution in [0.25, 0.3) is 0 Å². The highest BCUT2D eigenvalue weighted by Crippen LogP contribution is 2.17. The normalized spacial score (nSPS) is 11.1. The lowest BCUT2D eigenvalue weighted by atomic mass is 10.1. The molecule has 0 aliphatic carbocycles. The molecule has 4 aromatic carbocycles. The van der Waals surface area contributed by atoms with Crippen LogP contribution in [0.4, 0.5) is 21.0 Å². The number of unbranched alkanes of at least 4 members (excludes halogenated alkanes) is 3. The highest BCUT2D eigenvalue weighted by Gasteiger charge is 2.08. The van der Waals surface area contributed by atoms with Crippen molar-refractivity contribution >= 4 is 23.6 Å². The lowest BCUT2D eigenvalue weighted by molar-refractivity contribution is 0.154. The summed E-state index contributed by atoms with van der Waals surface area (Å²) in [5, 5.41) is 5.62. The smallest absolute Gasteiger partial charge is 0.411 e. The Bertz CT molecular complexity index is 1510. The van der Waals surface area contributed by atoms with Gasteiger partial charge in [-0.25, -0.2) is 9.59 Å². The molecule has 0 heterocycles. The number of ether oxygens (including phenoxy) is 2. The minimum atomic E-state index is -0.448. The van der Waals surface area contributed by atoms with E-state index in [0.717, 1.165) is 70.9 Å². The molecule has 0 unspecified atom stereocenters. The van der Waals surface area contributed by atoms with Crippen LogP contribution in [0.1, 0.15) is 70.2 Å². The number of benzene rings is 4. The standard InChI is InChI=1S/C42H54N4O4/c1-31-21-32(2)24-39(23-31)43-41(47)49-29-37-15-11-35(12-16-37)27-45(5)19-9-7-8-10-20-46(6)28-36-13-17-38(18-14-36)30-50-42(48)44-40-25-33(3)22-34(4)26-40/h11-18,21-26H,7-10,19-20,27-30H2,1-6H3,(H,43,47)(H,44,48). The van der Waals surface area contributed by atoms with Crippen LogP contribution in [0, 0.1) is 27.7 Å². The van der Waals surface area contributed by atoms with Crippen molar-refractivity contribution < 1.29 is 19.1 Å². The number of aryl methyl sites for hydroxylation is 4. The van der Waals surface area contributed by atoms with Gasteiger partial charge in [-0.05, 0) is 136 Å². The molecule has 0 bridgehead atoms. The first-order valence-corrected chi connectivity index (χ1v) is 17.6. The molecule has 0 radical (unpaired) electrons. The zero-order chi connectivity index (χ0) is 35.9. The molecular weight excluding hydrogens is 624 g/mol. The monoisotopic (exact) mass is 678 g/mol. The number of nitrogens with one attached hydrogen (secondary N) is 2. The largest absolute Gasteiger partial charge is 0.444 e. The molecule has 0 atom stereocenters. The molecule has 0 aliphatic rings. The van der Waals surface area contributed by atoms with Gasteiger partial charge in [0.15, 0.2) is 0 Å². The Hall–Kier alpha value is -4.66. The van der Waals surface area contributed by atoms with Crippen LogP contribution in [0.3, 0.4) is 0 Å². The fraction of sp³-hybridized carbons (Fsp3) is 0.381. The fourth-order valence-corrected chi connectivity index (χ4v) is 6.08. The Morgan fingerprint density at radius 1 is 0.500 bits per heavy atom. The Labute approximate surface area is 298 Å². The quantitative estimate of drug-likeness (QED) is 0.108. The average molecular weight is 679 g/mol. The predicted octanol–water partition coefficient (Wildman–Crippen LogP) is 9.54. The molecule has 4 rings (SSSR count). The van der Waals surface area contributed by atoms with Gasteiger partial charge in [0, 0.05) is 24.5 Å². The third-order valence-electron chi connectivity index (χ3n) is 8.46. The maximum absolute atomic E-state index is 12.2. The van der Waals surface area contributed by atoms with E-state index >= 15 is 0 Å². The maximum Gasteiger partial charge on any atom is 0.411 e. The molecule has 4 aromatic rings. The van der Waals surface area contributed by atoms with E-state index in [4.69, 9.17) is 9.47 Å². The van der Waals surface area contributed by atoms with Crippen molar-refractivity contribution in [3.8, 4) is 0 Å². The number of nitrogens with zero attached hydrogens (tertiary/aromatic N) is 2. The van der Waals surface area contributed by atoms with Crippen molar-refractivity contribution in [3.63, 3.8) is 0 Å². The minimum absolute atomic E-state index is 0.237. The second-order valence-corrected chi connectivity index (χ2v) is 13.7. The van der Waals surface area contributed by atoms with Gasteiger partial charge in [0.05, 0.1) is 0 Å². The third kappa shape index (κ3) is 14.1. The molecule has 8 nitrogen and oxygen atoms in total. The summed E-state index contributed by atoms with van der Waals surface area (Å²) < 4.78 is 10.8. The van der Waals surface area contributed by atoms with Crippen LogP contribution in [-0.2, 0) is 35.8 Å². The zero-order valence-corrected chi connectivity index (χ0v) is 30.7. The van der Waals surface area contributed by atoms with Crippen LogP contribution in [-0.4, -0.2) is 49.2 Å². The number of hydrogen-bond acceptors (Lipinski definition) is 6. The van der Waals surface area contributed by atoms with E-state index in [9.17, 15) is 9.59 Å². The van der Waals surface area contributed by atoms with E-state index in [1.54, 1.807) is 0 Å². The van der Waals surface area contributed by atoms with Gasteiger partial charge in [0.25, 0.3) is 0 Å². The molecule has 8 heteroatoms. The molecule has 0 saturated carbocycles. The zero-order valence-electron chi connectivity index (χ0n) is 30.7. The molecule has 0 fully saturated rings. The molecule has 50 heavy (non-hydrogen) atoms. The van der Waals surface area contributed by atoms with Gasteiger partial charge in [-0.3, -0.25) is 10.6 Å².